The summed E-state index contributed by atoms with van der Waals surface area (Å²) < 4.78 is 0. The van der Waals surface area contributed by atoms with Crippen LogP contribution in [-0.4, -0.2) is 33.1 Å². The molecule has 0 aliphatic carbocycles. The van der Waals surface area contributed by atoms with E-state index in [-0.39, 0.29) is 24.0 Å². The average molecular weight is 416 g/mol. The monoisotopic (exact) mass is 416 g/mol. The minimum atomic E-state index is 0. The molecular weight excluding hydrogens is 387 g/mol. The summed E-state index contributed by atoms with van der Waals surface area (Å²) in [5.74, 6) is 1.49. The van der Waals surface area contributed by atoms with Crippen LogP contribution in [0.1, 0.15) is 31.4 Å². The molecule has 4 nitrogen and oxygen atoms in total. The van der Waals surface area contributed by atoms with Gasteiger partial charge in [0.15, 0.2) is 5.96 Å². The van der Waals surface area contributed by atoms with Crippen LogP contribution in [0, 0.1) is 5.92 Å². The van der Waals surface area contributed by atoms with Gasteiger partial charge in [-0.15, -0.1) is 24.0 Å². The minimum absolute atomic E-state index is 0. The summed E-state index contributed by atoms with van der Waals surface area (Å²) >= 11 is 0. The summed E-state index contributed by atoms with van der Waals surface area (Å²) in [6.07, 6.45) is 2.44. The average Bonchev–Trinajstić information content (AvgIpc) is 2.47. The van der Waals surface area contributed by atoms with Crippen LogP contribution in [0.5, 0.6) is 0 Å². The molecule has 124 valence electrons. The molecule has 0 bridgehead atoms. The third-order valence-electron chi connectivity index (χ3n) is 3.86. The van der Waals surface area contributed by atoms with Crippen molar-refractivity contribution >= 4 is 35.6 Å². The summed E-state index contributed by atoms with van der Waals surface area (Å²) in [5.41, 5.74) is 4.16. The van der Waals surface area contributed by atoms with Crippen LogP contribution < -0.4 is 15.5 Å². The predicted octanol–water partition coefficient (Wildman–Crippen LogP) is 3.01. The molecule has 22 heavy (non-hydrogen) atoms. The van der Waals surface area contributed by atoms with Crippen LogP contribution in [0.4, 0.5) is 5.69 Å². The molecular formula is C17H29IN4. The predicted molar refractivity (Wildman–Crippen MR) is 106 cm³/mol. The van der Waals surface area contributed by atoms with Crippen molar-refractivity contribution in [2.75, 3.05) is 32.1 Å². The molecule has 0 saturated carbocycles. The van der Waals surface area contributed by atoms with E-state index in [9.17, 15) is 0 Å². The van der Waals surface area contributed by atoms with E-state index in [4.69, 9.17) is 0 Å². The lowest BCUT2D eigenvalue weighted by Gasteiger charge is -2.28. The number of aliphatic imine (C=N–C) groups is 1. The third kappa shape index (κ3) is 5.34. The number of halogens is 1. The Morgan fingerprint density at radius 3 is 2.77 bits per heavy atom. The molecule has 0 atom stereocenters. The van der Waals surface area contributed by atoms with Crippen molar-refractivity contribution in [1.29, 1.82) is 0 Å². The summed E-state index contributed by atoms with van der Waals surface area (Å²) in [5, 5.41) is 6.72. The Balaban J connectivity index is 0.00000242. The maximum atomic E-state index is 4.26. The molecule has 0 spiro atoms. The van der Waals surface area contributed by atoms with Gasteiger partial charge >= 0.3 is 0 Å². The normalized spacial score (nSPS) is 14.4. The molecule has 5 heteroatoms. The number of fused-ring (bicyclic) bond motifs is 1. The van der Waals surface area contributed by atoms with Gasteiger partial charge in [0.25, 0.3) is 0 Å². The van der Waals surface area contributed by atoms with E-state index in [0.717, 1.165) is 25.6 Å². The molecule has 0 fully saturated rings. The second-order valence-electron chi connectivity index (χ2n) is 6.19. The Morgan fingerprint density at radius 2 is 2.09 bits per heavy atom. The molecule has 0 unspecified atom stereocenters. The fourth-order valence-electron chi connectivity index (χ4n) is 2.66. The number of hydrogen-bond acceptors (Lipinski definition) is 2. The van der Waals surface area contributed by atoms with Crippen LogP contribution in [0.25, 0.3) is 0 Å². The van der Waals surface area contributed by atoms with Crippen molar-refractivity contribution < 1.29 is 0 Å². The molecule has 2 N–H and O–H groups in total. The van der Waals surface area contributed by atoms with Gasteiger partial charge in [-0.2, -0.15) is 0 Å². The Hall–Kier alpha value is -0.980. The summed E-state index contributed by atoms with van der Waals surface area (Å²) in [6, 6.07) is 6.78. The van der Waals surface area contributed by atoms with Crippen LogP contribution in [0.3, 0.4) is 0 Å². The zero-order valence-electron chi connectivity index (χ0n) is 14.1. The van der Waals surface area contributed by atoms with E-state index >= 15 is 0 Å². The van der Waals surface area contributed by atoms with Gasteiger partial charge in [-0.05, 0) is 36.0 Å². The number of benzene rings is 1. The minimum Gasteiger partial charge on any atom is -0.374 e. The highest BCUT2D eigenvalue weighted by molar-refractivity contribution is 14.0. The second-order valence-corrected chi connectivity index (χ2v) is 6.19. The lowest BCUT2D eigenvalue weighted by Crippen LogP contribution is -2.38. The topological polar surface area (TPSA) is 39.7 Å². The van der Waals surface area contributed by atoms with E-state index in [1.165, 1.54) is 29.7 Å². The van der Waals surface area contributed by atoms with Crippen molar-refractivity contribution in [3.05, 3.63) is 29.3 Å². The smallest absolute Gasteiger partial charge is 0.191 e. The van der Waals surface area contributed by atoms with Crippen molar-refractivity contribution in [3.63, 3.8) is 0 Å². The molecule has 1 aromatic carbocycles. The Morgan fingerprint density at radius 1 is 1.32 bits per heavy atom. The zero-order chi connectivity index (χ0) is 15.2. The molecule has 0 radical (unpaired) electrons. The van der Waals surface area contributed by atoms with E-state index in [2.05, 4.69) is 59.6 Å². The van der Waals surface area contributed by atoms with E-state index < -0.39 is 0 Å². The first-order valence-corrected chi connectivity index (χ1v) is 7.87. The van der Waals surface area contributed by atoms with Crippen molar-refractivity contribution in [2.24, 2.45) is 10.9 Å². The molecule has 1 aliphatic rings. The molecule has 1 heterocycles. The molecule has 1 aromatic rings. The quantitative estimate of drug-likeness (QED) is 0.451. The fourth-order valence-corrected chi connectivity index (χ4v) is 2.66. The van der Waals surface area contributed by atoms with Crippen LogP contribution in [0.15, 0.2) is 23.2 Å². The van der Waals surface area contributed by atoms with Crippen molar-refractivity contribution in [1.82, 2.24) is 10.6 Å². The standard InChI is InChI=1S/C17H28N4.HI/c1-13(2)11-19-17(18-3)20-12-14-7-8-16-15(10-14)6-5-9-21(16)4;/h7-8,10,13H,5-6,9,11-12H2,1-4H3,(H2,18,19,20);1H. The van der Waals surface area contributed by atoms with Crippen LogP contribution in [-0.2, 0) is 13.0 Å². The van der Waals surface area contributed by atoms with E-state index in [1.54, 1.807) is 0 Å². The molecule has 1 aliphatic heterocycles. The number of rotatable bonds is 4. The van der Waals surface area contributed by atoms with Gasteiger partial charge < -0.3 is 15.5 Å². The highest BCUT2D eigenvalue weighted by Crippen LogP contribution is 2.26. The van der Waals surface area contributed by atoms with Gasteiger partial charge in [-0.1, -0.05) is 26.0 Å². The van der Waals surface area contributed by atoms with Crippen LogP contribution in [0.2, 0.25) is 0 Å². The zero-order valence-corrected chi connectivity index (χ0v) is 16.5. The lowest BCUT2D eigenvalue weighted by atomic mass is 9.99. The molecule has 0 amide bonds. The van der Waals surface area contributed by atoms with E-state index in [1.807, 2.05) is 7.05 Å². The maximum Gasteiger partial charge on any atom is 0.191 e. The summed E-state index contributed by atoms with van der Waals surface area (Å²) in [7, 11) is 3.99. The van der Waals surface area contributed by atoms with Gasteiger partial charge in [-0.3, -0.25) is 4.99 Å². The first kappa shape index (κ1) is 19.1. The number of guanidine groups is 1. The maximum absolute atomic E-state index is 4.26. The van der Waals surface area contributed by atoms with Gasteiger partial charge in [-0.25, -0.2) is 0 Å². The molecule has 0 saturated heterocycles. The van der Waals surface area contributed by atoms with Crippen LogP contribution >= 0.6 is 24.0 Å². The van der Waals surface area contributed by atoms with Gasteiger partial charge in [0.1, 0.15) is 0 Å². The highest BCUT2D eigenvalue weighted by atomic mass is 127. The number of nitrogens with zero attached hydrogens (tertiary/aromatic N) is 2. The molecule has 0 aromatic heterocycles. The highest BCUT2D eigenvalue weighted by Gasteiger charge is 2.13. The summed E-state index contributed by atoms with van der Waals surface area (Å²) in [6.45, 7) is 7.31. The first-order valence-electron chi connectivity index (χ1n) is 7.87. The number of nitrogens with one attached hydrogen (secondary N) is 2. The molecule has 2 rings (SSSR count). The van der Waals surface area contributed by atoms with Gasteiger partial charge in [0, 0.05) is 39.4 Å². The van der Waals surface area contributed by atoms with Crippen molar-refractivity contribution in [2.45, 2.75) is 33.2 Å². The number of hydrogen-bond donors (Lipinski definition) is 2. The van der Waals surface area contributed by atoms with Crippen molar-refractivity contribution in [3.8, 4) is 0 Å². The van der Waals surface area contributed by atoms with Gasteiger partial charge in [0.05, 0.1) is 0 Å². The van der Waals surface area contributed by atoms with E-state index in [0.29, 0.717) is 5.92 Å². The summed E-state index contributed by atoms with van der Waals surface area (Å²) in [4.78, 5) is 6.61. The number of anilines is 1. The Kier molecular flexibility index (Phi) is 8.00. The lowest BCUT2D eigenvalue weighted by molar-refractivity contribution is 0.614. The Bertz CT molecular complexity index is 499. The number of aryl methyl sites for hydroxylation is 1. The van der Waals surface area contributed by atoms with Gasteiger partial charge in [0.2, 0.25) is 0 Å². The Labute approximate surface area is 151 Å². The largest absolute Gasteiger partial charge is 0.374 e. The second kappa shape index (κ2) is 9.22. The SMILES string of the molecule is CN=C(NCc1ccc2c(c1)CCCN2C)NCC(C)C.I. The first-order chi connectivity index (χ1) is 10.1. The fraction of sp³-hybridized carbons (Fsp3) is 0.588. The third-order valence-corrected chi connectivity index (χ3v) is 3.86.